The highest BCUT2D eigenvalue weighted by Gasteiger charge is 2.03. The highest BCUT2D eigenvalue weighted by atomic mass is 16.5. The molecule has 1 nitrogen and oxygen atoms in total. The van der Waals surface area contributed by atoms with E-state index in [4.69, 9.17) is 4.74 Å². The van der Waals surface area contributed by atoms with Crippen molar-refractivity contribution >= 4 is 0 Å². The van der Waals surface area contributed by atoms with E-state index in [1.165, 1.54) is 0 Å². The Labute approximate surface area is 62.4 Å². The van der Waals surface area contributed by atoms with Crippen molar-refractivity contribution in [3.8, 4) is 0 Å². The average molecular weight is 136 g/mol. The van der Waals surface area contributed by atoms with E-state index in [1.54, 1.807) is 6.08 Å². The molecule has 1 atom stereocenters. The lowest BCUT2D eigenvalue weighted by Gasteiger charge is -2.11. The fraction of sp³-hybridized carbons (Fsp3) is 0.556. The maximum atomic E-state index is 5.42. The van der Waals surface area contributed by atoms with E-state index in [9.17, 15) is 0 Å². The van der Waals surface area contributed by atoms with Gasteiger partial charge in [0.15, 0.2) is 0 Å². The van der Waals surface area contributed by atoms with Crippen LogP contribution in [-0.4, -0.2) is 12.7 Å². The Morgan fingerprint density at radius 1 is 1.70 bits per heavy atom. The predicted molar refractivity (Wildman–Crippen MR) is 40.3 cm³/mol. The first-order valence-electron chi connectivity index (χ1n) is 3.70. The van der Waals surface area contributed by atoms with Gasteiger partial charge >= 0.3 is 0 Å². The Morgan fingerprint density at radius 3 is 3.20 bits per heavy atom. The number of ether oxygens (including phenoxy) is 1. The van der Waals surface area contributed by atoms with Gasteiger partial charge in [-0.25, -0.2) is 0 Å². The van der Waals surface area contributed by atoms with Crippen LogP contribution in [0.1, 0.15) is 19.8 Å². The first-order valence-corrected chi connectivity index (χ1v) is 3.70. The minimum atomic E-state index is 0.182. The molecule has 2 radical (unpaired) electrons. The van der Waals surface area contributed by atoms with Crippen LogP contribution in [0.3, 0.4) is 0 Å². The van der Waals surface area contributed by atoms with Crippen LogP contribution in [0.5, 0.6) is 0 Å². The van der Waals surface area contributed by atoms with Crippen molar-refractivity contribution in [2.24, 2.45) is 0 Å². The van der Waals surface area contributed by atoms with E-state index in [0.717, 1.165) is 19.4 Å². The molecule has 0 fully saturated rings. The molecule has 0 saturated carbocycles. The molecule has 0 aromatic heterocycles. The zero-order chi connectivity index (χ0) is 7.23. The normalized spacial score (nSPS) is 23.5. The molecule has 0 aromatic carbocycles. The van der Waals surface area contributed by atoms with Gasteiger partial charge in [-0.2, -0.15) is 0 Å². The number of rotatable bonds is 3. The molecule has 0 aromatic rings. The second-order valence-electron chi connectivity index (χ2n) is 2.28. The molecule has 10 heavy (non-hydrogen) atoms. The molecule has 1 aliphatic carbocycles. The molecule has 0 heterocycles. The van der Waals surface area contributed by atoms with Gasteiger partial charge in [-0.05, 0) is 31.1 Å². The van der Waals surface area contributed by atoms with Crippen LogP contribution in [0.25, 0.3) is 0 Å². The average Bonchev–Trinajstić information content (AvgIpc) is 2.03. The second kappa shape index (κ2) is 4.29. The maximum Gasteiger partial charge on any atom is 0.0863 e. The molecule has 0 bridgehead atoms. The van der Waals surface area contributed by atoms with Gasteiger partial charge in [0.25, 0.3) is 0 Å². The van der Waals surface area contributed by atoms with Crippen LogP contribution in [0.2, 0.25) is 0 Å². The molecule has 0 amide bonds. The van der Waals surface area contributed by atoms with Gasteiger partial charge in [0.1, 0.15) is 0 Å². The Bertz CT molecular complexity index is 136. The van der Waals surface area contributed by atoms with Gasteiger partial charge in [0.05, 0.1) is 6.10 Å². The van der Waals surface area contributed by atoms with Crippen molar-refractivity contribution in [3.05, 3.63) is 24.3 Å². The number of allylic oxidation sites excluding steroid dienone is 2. The summed E-state index contributed by atoms with van der Waals surface area (Å²) in [7, 11) is 0. The van der Waals surface area contributed by atoms with E-state index in [1.807, 2.05) is 6.08 Å². The van der Waals surface area contributed by atoms with Crippen LogP contribution in [0.4, 0.5) is 0 Å². The van der Waals surface area contributed by atoms with Gasteiger partial charge in [-0.15, -0.1) is 0 Å². The summed E-state index contributed by atoms with van der Waals surface area (Å²) in [5.74, 6) is 0. The SMILES string of the molecule is CCCOC1[C]=C[C]=CC1. The van der Waals surface area contributed by atoms with Crippen LogP contribution in [0, 0.1) is 12.2 Å². The molecule has 0 spiro atoms. The third-order valence-corrected chi connectivity index (χ3v) is 1.33. The highest BCUT2D eigenvalue weighted by Crippen LogP contribution is 2.05. The topological polar surface area (TPSA) is 9.23 Å². The van der Waals surface area contributed by atoms with Crippen LogP contribution in [0.15, 0.2) is 12.2 Å². The Kier molecular flexibility index (Phi) is 3.23. The van der Waals surface area contributed by atoms with Crippen molar-refractivity contribution in [2.75, 3.05) is 6.61 Å². The summed E-state index contributed by atoms with van der Waals surface area (Å²) < 4.78 is 5.42. The van der Waals surface area contributed by atoms with Crippen molar-refractivity contribution in [1.82, 2.24) is 0 Å². The minimum absolute atomic E-state index is 0.182. The lowest BCUT2D eigenvalue weighted by molar-refractivity contribution is 0.0820. The smallest absolute Gasteiger partial charge is 0.0863 e. The first-order chi connectivity index (χ1) is 4.93. The van der Waals surface area contributed by atoms with Gasteiger partial charge in [0.2, 0.25) is 0 Å². The number of hydrogen-bond donors (Lipinski definition) is 0. The summed E-state index contributed by atoms with van der Waals surface area (Å²) in [6.45, 7) is 2.94. The predicted octanol–water partition coefficient (Wildman–Crippen LogP) is 1.90. The fourth-order valence-electron chi connectivity index (χ4n) is 0.819. The molecule has 1 heteroatoms. The van der Waals surface area contributed by atoms with Gasteiger partial charge in [-0.1, -0.05) is 13.0 Å². The van der Waals surface area contributed by atoms with Crippen molar-refractivity contribution in [1.29, 1.82) is 0 Å². The quantitative estimate of drug-likeness (QED) is 0.575. The van der Waals surface area contributed by atoms with Crippen molar-refractivity contribution in [2.45, 2.75) is 25.9 Å². The molecule has 1 unspecified atom stereocenters. The second-order valence-corrected chi connectivity index (χ2v) is 2.28. The van der Waals surface area contributed by atoms with Crippen LogP contribution < -0.4 is 0 Å². The Balaban J connectivity index is 2.17. The highest BCUT2D eigenvalue weighted by molar-refractivity contribution is 5.01. The molecule has 54 valence electrons. The van der Waals surface area contributed by atoms with Crippen LogP contribution >= 0.6 is 0 Å². The van der Waals surface area contributed by atoms with Crippen molar-refractivity contribution in [3.63, 3.8) is 0 Å². The first kappa shape index (κ1) is 7.55. The molecule has 0 aliphatic heterocycles. The molecule has 0 N–H and O–H groups in total. The number of hydrogen-bond acceptors (Lipinski definition) is 1. The summed E-state index contributed by atoms with van der Waals surface area (Å²) in [4.78, 5) is 0. The molecule has 0 saturated heterocycles. The zero-order valence-corrected chi connectivity index (χ0v) is 6.26. The minimum Gasteiger partial charge on any atom is -0.373 e. The lowest BCUT2D eigenvalue weighted by atomic mass is 10.1. The molecule has 1 rings (SSSR count). The molecular weight excluding hydrogens is 124 g/mol. The van der Waals surface area contributed by atoms with Crippen molar-refractivity contribution < 1.29 is 4.74 Å². The summed E-state index contributed by atoms with van der Waals surface area (Å²) >= 11 is 0. The third kappa shape index (κ3) is 2.36. The monoisotopic (exact) mass is 136 g/mol. The van der Waals surface area contributed by atoms with E-state index in [2.05, 4.69) is 19.1 Å². The van der Waals surface area contributed by atoms with E-state index in [0.29, 0.717) is 0 Å². The zero-order valence-electron chi connectivity index (χ0n) is 6.26. The van der Waals surface area contributed by atoms with Crippen LogP contribution in [-0.2, 0) is 4.74 Å². The summed E-state index contributed by atoms with van der Waals surface area (Å²) in [6.07, 6.45) is 12.0. The van der Waals surface area contributed by atoms with E-state index >= 15 is 0 Å². The summed E-state index contributed by atoms with van der Waals surface area (Å²) in [6, 6.07) is 0. The summed E-state index contributed by atoms with van der Waals surface area (Å²) in [5.41, 5.74) is 0. The standard InChI is InChI=1S/C9H12O/c1-2-8-10-9-6-4-3-5-7-9/h4-5,9H,2,6,8H2,1H3. The van der Waals surface area contributed by atoms with E-state index < -0.39 is 0 Å². The van der Waals surface area contributed by atoms with Gasteiger partial charge < -0.3 is 4.74 Å². The summed E-state index contributed by atoms with van der Waals surface area (Å²) in [5, 5.41) is 0. The van der Waals surface area contributed by atoms with Gasteiger partial charge in [0, 0.05) is 6.61 Å². The maximum absolute atomic E-state index is 5.42. The lowest BCUT2D eigenvalue weighted by Crippen LogP contribution is -2.11. The Morgan fingerprint density at radius 2 is 2.60 bits per heavy atom. The fourth-order valence-corrected chi connectivity index (χ4v) is 0.819. The Hall–Kier alpha value is -0.560. The largest absolute Gasteiger partial charge is 0.373 e. The van der Waals surface area contributed by atoms with E-state index in [-0.39, 0.29) is 6.10 Å². The van der Waals surface area contributed by atoms with Gasteiger partial charge in [-0.3, -0.25) is 0 Å². The molecule has 1 aliphatic rings. The third-order valence-electron chi connectivity index (χ3n) is 1.33. The molecular formula is C9H12O.